The smallest absolute Gasteiger partial charge is 0.156 e. The minimum Gasteiger partial charge on any atom is -0.361 e. The number of thiol groups is 1. The zero-order valence-corrected chi connectivity index (χ0v) is 10.1. The molecule has 0 amide bonds. The van der Waals surface area contributed by atoms with Crippen molar-refractivity contribution in [1.29, 1.82) is 5.26 Å². The molecule has 1 rings (SSSR count). The molecule has 0 aromatic heterocycles. The Bertz CT molecular complexity index is 205. The molecule has 0 N–H and O–H groups in total. The highest BCUT2D eigenvalue weighted by atomic mass is 32.1. The van der Waals surface area contributed by atoms with Crippen LogP contribution in [0.2, 0.25) is 0 Å². The number of unbranched alkanes of at least 4 members (excludes halogenated alkanes) is 3. The molecular weight excluding hydrogens is 208 g/mol. The van der Waals surface area contributed by atoms with Crippen LogP contribution in [-0.2, 0) is 4.74 Å². The molecule has 0 saturated carbocycles. The first-order valence-corrected chi connectivity index (χ1v) is 6.34. The van der Waals surface area contributed by atoms with Gasteiger partial charge in [0.25, 0.3) is 0 Å². The van der Waals surface area contributed by atoms with Crippen LogP contribution in [0.15, 0.2) is 0 Å². The first-order chi connectivity index (χ1) is 7.36. The molecule has 1 fully saturated rings. The van der Waals surface area contributed by atoms with Gasteiger partial charge in [0.2, 0.25) is 0 Å². The third-order valence-electron chi connectivity index (χ3n) is 2.68. The second kappa shape index (κ2) is 7.98. The van der Waals surface area contributed by atoms with Crippen molar-refractivity contribution in [1.82, 2.24) is 4.90 Å². The average Bonchev–Trinajstić information content (AvgIpc) is 2.29. The highest BCUT2D eigenvalue weighted by molar-refractivity contribution is 7.80. The summed E-state index contributed by atoms with van der Waals surface area (Å²) in [4.78, 5) is 2.33. The SMILES string of the molecule is N#CC1CN(CCCCCCS)CCO1. The zero-order valence-electron chi connectivity index (χ0n) is 9.19. The Balaban J connectivity index is 2.03. The lowest BCUT2D eigenvalue weighted by Gasteiger charge is -2.29. The Morgan fingerprint density at radius 2 is 2.13 bits per heavy atom. The van der Waals surface area contributed by atoms with Crippen LogP contribution >= 0.6 is 12.6 Å². The van der Waals surface area contributed by atoms with Crippen LogP contribution < -0.4 is 0 Å². The van der Waals surface area contributed by atoms with Crippen LogP contribution in [0.3, 0.4) is 0 Å². The highest BCUT2D eigenvalue weighted by Gasteiger charge is 2.18. The number of morpholine rings is 1. The molecule has 86 valence electrons. The molecule has 0 aromatic carbocycles. The van der Waals surface area contributed by atoms with Crippen LogP contribution in [0.25, 0.3) is 0 Å². The summed E-state index contributed by atoms with van der Waals surface area (Å²) in [7, 11) is 0. The number of nitrogens with zero attached hydrogens (tertiary/aromatic N) is 2. The fourth-order valence-electron chi connectivity index (χ4n) is 1.78. The van der Waals surface area contributed by atoms with Crippen molar-refractivity contribution in [3.63, 3.8) is 0 Å². The van der Waals surface area contributed by atoms with Gasteiger partial charge in [-0.25, -0.2) is 0 Å². The maximum atomic E-state index is 8.74. The van der Waals surface area contributed by atoms with Gasteiger partial charge < -0.3 is 4.74 Å². The Labute approximate surface area is 97.8 Å². The van der Waals surface area contributed by atoms with Gasteiger partial charge in [-0.3, -0.25) is 4.90 Å². The molecule has 1 aliphatic heterocycles. The van der Waals surface area contributed by atoms with Crippen molar-refractivity contribution in [3.05, 3.63) is 0 Å². The Kier molecular flexibility index (Phi) is 6.82. The van der Waals surface area contributed by atoms with E-state index in [4.69, 9.17) is 10.00 Å². The summed E-state index contributed by atoms with van der Waals surface area (Å²) in [6, 6.07) is 2.17. The second-order valence-corrected chi connectivity index (χ2v) is 4.37. The number of ether oxygens (including phenoxy) is 1. The van der Waals surface area contributed by atoms with Gasteiger partial charge in [0, 0.05) is 13.1 Å². The summed E-state index contributed by atoms with van der Waals surface area (Å²) in [5.41, 5.74) is 0. The topological polar surface area (TPSA) is 36.3 Å². The number of hydrogen-bond donors (Lipinski definition) is 1. The quantitative estimate of drug-likeness (QED) is 0.555. The van der Waals surface area contributed by atoms with Gasteiger partial charge in [0.05, 0.1) is 12.7 Å². The van der Waals surface area contributed by atoms with E-state index in [1.165, 1.54) is 25.7 Å². The van der Waals surface area contributed by atoms with Crippen LogP contribution in [0.5, 0.6) is 0 Å². The summed E-state index contributed by atoms with van der Waals surface area (Å²) < 4.78 is 5.29. The largest absolute Gasteiger partial charge is 0.361 e. The van der Waals surface area contributed by atoms with Gasteiger partial charge in [-0.15, -0.1) is 0 Å². The minimum atomic E-state index is -0.212. The van der Waals surface area contributed by atoms with Crippen LogP contribution in [0.1, 0.15) is 25.7 Å². The van der Waals surface area contributed by atoms with Gasteiger partial charge in [0.15, 0.2) is 6.10 Å². The van der Waals surface area contributed by atoms with Crippen LogP contribution in [0.4, 0.5) is 0 Å². The van der Waals surface area contributed by atoms with E-state index in [0.29, 0.717) is 6.61 Å². The molecule has 1 aliphatic rings. The lowest BCUT2D eigenvalue weighted by Crippen LogP contribution is -2.42. The van der Waals surface area contributed by atoms with E-state index in [1.807, 2.05) is 0 Å². The van der Waals surface area contributed by atoms with E-state index in [2.05, 4.69) is 23.6 Å². The molecule has 1 unspecified atom stereocenters. The molecule has 15 heavy (non-hydrogen) atoms. The third kappa shape index (κ3) is 5.41. The molecule has 0 radical (unpaired) electrons. The molecule has 0 spiro atoms. The molecule has 1 atom stereocenters. The van der Waals surface area contributed by atoms with Crippen molar-refractivity contribution < 1.29 is 4.74 Å². The van der Waals surface area contributed by atoms with Gasteiger partial charge in [-0.1, -0.05) is 12.8 Å². The number of nitriles is 1. The van der Waals surface area contributed by atoms with Crippen LogP contribution in [-0.4, -0.2) is 43.0 Å². The molecular formula is C11H20N2OS. The first kappa shape index (κ1) is 12.8. The van der Waals surface area contributed by atoms with E-state index < -0.39 is 0 Å². The fraction of sp³-hybridized carbons (Fsp3) is 0.909. The summed E-state index contributed by atoms with van der Waals surface area (Å²) in [6.07, 6.45) is 4.78. The summed E-state index contributed by atoms with van der Waals surface area (Å²) in [6.45, 7) is 3.57. The molecule has 0 aromatic rings. The van der Waals surface area contributed by atoms with E-state index >= 15 is 0 Å². The molecule has 3 nitrogen and oxygen atoms in total. The zero-order chi connectivity index (χ0) is 10.9. The second-order valence-electron chi connectivity index (χ2n) is 3.93. The summed E-state index contributed by atoms with van der Waals surface area (Å²) in [5.74, 6) is 0.994. The lowest BCUT2D eigenvalue weighted by atomic mass is 10.2. The maximum absolute atomic E-state index is 8.74. The number of hydrogen-bond acceptors (Lipinski definition) is 4. The molecule has 1 heterocycles. The third-order valence-corrected chi connectivity index (χ3v) is 2.99. The monoisotopic (exact) mass is 228 g/mol. The molecule has 1 saturated heterocycles. The Hall–Kier alpha value is -0.240. The highest BCUT2D eigenvalue weighted by Crippen LogP contribution is 2.07. The van der Waals surface area contributed by atoms with Crippen LogP contribution in [0, 0.1) is 11.3 Å². The first-order valence-electron chi connectivity index (χ1n) is 5.71. The van der Waals surface area contributed by atoms with Crippen molar-refractivity contribution >= 4 is 12.6 Å². The maximum Gasteiger partial charge on any atom is 0.156 e. The van der Waals surface area contributed by atoms with E-state index in [1.54, 1.807) is 0 Å². The summed E-state index contributed by atoms with van der Waals surface area (Å²) in [5, 5.41) is 8.74. The molecule has 0 bridgehead atoms. The van der Waals surface area contributed by atoms with Gasteiger partial charge in [0.1, 0.15) is 0 Å². The van der Waals surface area contributed by atoms with Crippen molar-refractivity contribution in [3.8, 4) is 6.07 Å². The average molecular weight is 228 g/mol. The minimum absolute atomic E-state index is 0.212. The van der Waals surface area contributed by atoms with Gasteiger partial charge >= 0.3 is 0 Å². The van der Waals surface area contributed by atoms with Crippen molar-refractivity contribution in [2.24, 2.45) is 0 Å². The molecule has 4 heteroatoms. The predicted molar refractivity (Wildman–Crippen MR) is 64.1 cm³/mol. The Morgan fingerprint density at radius 3 is 2.87 bits per heavy atom. The summed E-state index contributed by atoms with van der Waals surface area (Å²) >= 11 is 4.19. The normalized spacial score (nSPS) is 22.5. The van der Waals surface area contributed by atoms with Crippen molar-refractivity contribution in [2.75, 3.05) is 32.0 Å². The van der Waals surface area contributed by atoms with Gasteiger partial charge in [-0.05, 0) is 25.1 Å². The van der Waals surface area contributed by atoms with E-state index in [0.717, 1.165) is 25.4 Å². The van der Waals surface area contributed by atoms with E-state index in [9.17, 15) is 0 Å². The Morgan fingerprint density at radius 1 is 1.33 bits per heavy atom. The van der Waals surface area contributed by atoms with Gasteiger partial charge in [-0.2, -0.15) is 17.9 Å². The fourth-order valence-corrected chi connectivity index (χ4v) is 2.01. The number of rotatable bonds is 6. The predicted octanol–water partition coefficient (Wildman–Crippen LogP) is 1.70. The molecule has 0 aliphatic carbocycles. The van der Waals surface area contributed by atoms with Crippen molar-refractivity contribution in [2.45, 2.75) is 31.8 Å². The standard InChI is InChI=1S/C11H20N2OS/c12-9-11-10-13(6-7-14-11)5-3-1-2-4-8-15/h11,15H,1-8,10H2. The van der Waals surface area contributed by atoms with E-state index in [-0.39, 0.29) is 6.10 Å². The lowest BCUT2D eigenvalue weighted by molar-refractivity contribution is 0.0000456.